The number of likely N-dealkylation sites (N-methyl/N-ethyl adjacent to an activating group) is 1. The summed E-state index contributed by atoms with van der Waals surface area (Å²) in [6.07, 6.45) is 3.15. The van der Waals surface area contributed by atoms with E-state index >= 15 is 0 Å². The number of anilines is 1. The third-order valence-corrected chi connectivity index (χ3v) is 3.29. The third-order valence-electron chi connectivity index (χ3n) is 3.29. The van der Waals surface area contributed by atoms with Crippen molar-refractivity contribution >= 4 is 41.1 Å². The van der Waals surface area contributed by atoms with Gasteiger partial charge in [-0.25, -0.2) is 4.99 Å². The van der Waals surface area contributed by atoms with Crippen molar-refractivity contribution in [1.29, 1.82) is 5.41 Å². The molecule has 0 saturated carbocycles. The Kier molecular flexibility index (Phi) is 7.68. The maximum Gasteiger partial charge on any atom is 0.239 e. The Morgan fingerprint density at radius 3 is 2.56 bits per heavy atom. The molecule has 0 radical (unpaired) electrons. The minimum Gasteiger partial charge on any atom is -0.494 e. The minimum atomic E-state index is -0.0541. The van der Waals surface area contributed by atoms with Gasteiger partial charge in [0.1, 0.15) is 5.76 Å². The van der Waals surface area contributed by atoms with E-state index in [4.69, 9.17) is 15.9 Å². The summed E-state index contributed by atoms with van der Waals surface area (Å²) in [4.78, 5) is 15.9. The molecule has 0 fully saturated rings. The number of halogens is 1. The standard InChI is InChI=1S/C17H21N5O2.ClH/c1-3-20-17(23)10-21-11-4-6-12(7-5-11)22-15-9-16(24-2)14(19)8-13(15)18;/h4-9,19,21H,3,10,18H2,1-2H3,(H,20,23);1H. The van der Waals surface area contributed by atoms with Gasteiger partial charge in [0.25, 0.3) is 0 Å². The summed E-state index contributed by atoms with van der Waals surface area (Å²) in [6, 6.07) is 7.32. The van der Waals surface area contributed by atoms with E-state index in [1.54, 1.807) is 6.08 Å². The molecule has 134 valence electrons. The molecule has 0 bridgehead atoms. The number of rotatable bonds is 6. The molecule has 0 aromatic heterocycles. The third kappa shape index (κ3) is 5.65. The molecule has 1 amide bonds. The predicted molar refractivity (Wildman–Crippen MR) is 103 cm³/mol. The number of aliphatic imine (C=N–C) groups is 1. The first-order valence-electron chi connectivity index (χ1n) is 7.55. The molecular weight excluding hydrogens is 342 g/mol. The fourth-order valence-corrected chi connectivity index (χ4v) is 2.09. The van der Waals surface area contributed by atoms with E-state index in [1.165, 1.54) is 13.2 Å². The van der Waals surface area contributed by atoms with Gasteiger partial charge in [0.2, 0.25) is 5.91 Å². The van der Waals surface area contributed by atoms with Crippen LogP contribution >= 0.6 is 12.4 Å². The monoisotopic (exact) mass is 363 g/mol. The van der Waals surface area contributed by atoms with Crippen LogP contribution in [0, 0.1) is 5.41 Å². The van der Waals surface area contributed by atoms with Crippen LogP contribution in [-0.2, 0) is 9.53 Å². The summed E-state index contributed by atoms with van der Waals surface area (Å²) in [7, 11) is 1.50. The Morgan fingerprint density at radius 1 is 1.28 bits per heavy atom. The summed E-state index contributed by atoms with van der Waals surface area (Å²) in [5.74, 6) is 0.366. The van der Waals surface area contributed by atoms with Crippen LogP contribution in [0.25, 0.3) is 0 Å². The van der Waals surface area contributed by atoms with Crippen molar-refractivity contribution in [2.75, 3.05) is 25.5 Å². The summed E-state index contributed by atoms with van der Waals surface area (Å²) in [5.41, 5.74) is 8.63. The van der Waals surface area contributed by atoms with Gasteiger partial charge in [0, 0.05) is 18.3 Å². The minimum absolute atomic E-state index is 0. The molecule has 0 heterocycles. The van der Waals surface area contributed by atoms with Crippen molar-refractivity contribution in [3.8, 4) is 0 Å². The number of hydrogen-bond acceptors (Lipinski definition) is 6. The van der Waals surface area contributed by atoms with Crippen molar-refractivity contribution in [1.82, 2.24) is 5.32 Å². The molecule has 1 aliphatic rings. The highest BCUT2D eigenvalue weighted by molar-refractivity contribution is 6.22. The van der Waals surface area contributed by atoms with Crippen LogP contribution in [0.2, 0.25) is 0 Å². The van der Waals surface area contributed by atoms with E-state index in [-0.39, 0.29) is 30.6 Å². The molecule has 0 unspecified atom stereocenters. The topological polar surface area (TPSA) is 113 Å². The summed E-state index contributed by atoms with van der Waals surface area (Å²) >= 11 is 0. The van der Waals surface area contributed by atoms with E-state index in [2.05, 4.69) is 15.6 Å². The van der Waals surface area contributed by atoms with Gasteiger partial charge < -0.3 is 21.1 Å². The summed E-state index contributed by atoms with van der Waals surface area (Å²) in [6.45, 7) is 2.71. The van der Waals surface area contributed by atoms with Crippen molar-refractivity contribution in [2.24, 2.45) is 10.7 Å². The molecule has 1 aliphatic carbocycles. The molecule has 1 aromatic rings. The normalized spacial score (nSPS) is 15.0. The molecule has 25 heavy (non-hydrogen) atoms. The van der Waals surface area contributed by atoms with Gasteiger partial charge in [-0.05, 0) is 37.3 Å². The second-order valence-electron chi connectivity index (χ2n) is 5.08. The quantitative estimate of drug-likeness (QED) is 0.580. The largest absolute Gasteiger partial charge is 0.494 e. The molecule has 8 heteroatoms. The molecule has 0 atom stereocenters. The Morgan fingerprint density at radius 2 is 1.96 bits per heavy atom. The Bertz CT molecular complexity index is 723. The van der Waals surface area contributed by atoms with Crippen LogP contribution < -0.4 is 16.4 Å². The molecule has 0 spiro atoms. The van der Waals surface area contributed by atoms with Crippen molar-refractivity contribution in [2.45, 2.75) is 6.92 Å². The Hall–Kier alpha value is -2.80. The number of carbonyl (C=O) groups is 1. The molecule has 7 nitrogen and oxygen atoms in total. The molecule has 0 saturated heterocycles. The molecule has 5 N–H and O–H groups in total. The van der Waals surface area contributed by atoms with Crippen LogP contribution in [0.5, 0.6) is 0 Å². The van der Waals surface area contributed by atoms with Gasteiger partial charge in [0.05, 0.1) is 36.5 Å². The van der Waals surface area contributed by atoms with Crippen molar-refractivity contribution in [3.05, 3.63) is 47.9 Å². The highest BCUT2D eigenvalue weighted by Crippen LogP contribution is 2.19. The maximum atomic E-state index is 11.4. The first-order valence-corrected chi connectivity index (χ1v) is 7.55. The fraction of sp³-hybridized carbons (Fsp3) is 0.235. The Labute approximate surface area is 153 Å². The number of methoxy groups -OCH3 is 1. The van der Waals surface area contributed by atoms with Crippen molar-refractivity contribution in [3.63, 3.8) is 0 Å². The number of ether oxygens (including phenoxy) is 1. The van der Waals surface area contributed by atoms with Gasteiger partial charge in [-0.2, -0.15) is 0 Å². The number of allylic oxidation sites excluding steroid dienone is 2. The lowest BCUT2D eigenvalue weighted by Crippen LogP contribution is -2.29. The van der Waals surface area contributed by atoms with E-state index < -0.39 is 0 Å². The second-order valence-corrected chi connectivity index (χ2v) is 5.08. The number of carbonyl (C=O) groups excluding carboxylic acids is 1. The van der Waals surface area contributed by atoms with Gasteiger partial charge in [-0.1, -0.05) is 0 Å². The van der Waals surface area contributed by atoms with E-state index in [0.717, 1.165) is 5.69 Å². The number of amides is 1. The van der Waals surface area contributed by atoms with Crippen LogP contribution in [0.1, 0.15) is 6.92 Å². The van der Waals surface area contributed by atoms with Crippen LogP contribution in [0.3, 0.4) is 0 Å². The summed E-state index contributed by atoms with van der Waals surface area (Å²) in [5, 5.41) is 13.5. The number of hydrogen-bond donors (Lipinski definition) is 4. The van der Waals surface area contributed by atoms with E-state index in [1.807, 2.05) is 31.2 Å². The SMILES string of the molecule is CCNC(=O)CNc1ccc(N=C2C=C(OC)C(=N)C=C2N)cc1.Cl. The maximum absolute atomic E-state index is 11.4. The smallest absolute Gasteiger partial charge is 0.239 e. The number of nitrogens with zero attached hydrogens (tertiary/aromatic N) is 1. The zero-order chi connectivity index (χ0) is 17.5. The number of nitrogens with one attached hydrogen (secondary N) is 3. The lowest BCUT2D eigenvalue weighted by atomic mass is 10.1. The highest BCUT2D eigenvalue weighted by Gasteiger charge is 2.14. The van der Waals surface area contributed by atoms with Gasteiger partial charge >= 0.3 is 0 Å². The van der Waals surface area contributed by atoms with Crippen molar-refractivity contribution < 1.29 is 9.53 Å². The lowest BCUT2D eigenvalue weighted by molar-refractivity contribution is -0.119. The zero-order valence-corrected chi connectivity index (χ0v) is 14.9. The number of nitrogens with two attached hydrogens (primary N) is 1. The zero-order valence-electron chi connectivity index (χ0n) is 14.1. The van der Waals surface area contributed by atoms with Gasteiger partial charge in [0.15, 0.2) is 0 Å². The Balaban J connectivity index is 0.00000312. The van der Waals surface area contributed by atoms with E-state index in [0.29, 0.717) is 29.4 Å². The second kappa shape index (κ2) is 9.48. The molecule has 1 aromatic carbocycles. The fourth-order valence-electron chi connectivity index (χ4n) is 2.09. The molecule has 2 rings (SSSR count). The average molecular weight is 364 g/mol. The van der Waals surface area contributed by atoms with Gasteiger partial charge in [-0.15, -0.1) is 12.4 Å². The van der Waals surface area contributed by atoms with Crippen LogP contribution in [0.4, 0.5) is 11.4 Å². The molecule has 0 aliphatic heterocycles. The first-order chi connectivity index (χ1) is 11.5. The summed E-state index contributed by atoms with van der Waals surface area (Å²) < 4.78 is 5.12. The van der Waals surface area contributed by atoms with Crippen LogP contribution in [0.15, 0.2) is 52.9 Å². The highest BCUT2D eigenvalue weighted by atomic mass is 35.5. The molecular formula is C17H22ClN5O2. The van der Waals surface area contributed by atoms with Crippen LogP contribution in [-0.4, -0.2) is 37.5 Å². The average Bonchev–Trinajstić information content (AvgIpc) is 2.57. The lowest BCUT2D eigenvalue weighted by Gasteiger charge is -2.13. The predicted octanol–water partition coefficient (Wildman–Crippen LogP) is 2.14. The number of benzene rings is 1. The van der Waals surface area contributed by atoms with Gasteiger partial charge in [-0.3, -0.25) is 10.2 Å². The van der Waals surface area contributed by atoms with E-state index in [9.17, 15) is 4.79 Å². The first kappa shape index (κ1) is 20.2.